The van der Waals surface area contributed by atoms with E-state index in [4.69, 9.17) is 23.2 Å². The van der Waals surface area contributed by atoms with Crippen LogP contribution in [0.1, 0.15) is 15.9 Å². The van der Waals surface area contributed by atoms with Crippen molar-refractivity contribution in [1.82, 2.24) is 0 Å². The van der Waals surface area contributed by atoms with Crippen molar-refractivity contribution in [3.8, 4) is 0 Å². The van der Waals surface area contributed by atoms with Gasteiger partial charge in [0, 0.05) is 11.4 Å². The molecule has 0 bridgehead atoms. The summed E-state index contributed by atoms with van der Waals surface area (Å²) < 4.78 is 26.8. The normalized spacial score (nSPS) is 10.5. The molecule has 0 aromatic heterocycles. The van der Waals surface area contributed by atoms with Crippen LogP contribution >= 0.6 is 23.2 Å². The van der Waals surface area contributed by atoms with Gasteiger partial charge in [0.25, 0.3) is 0 Å². The van der Waals surface area contributed by atoms with Gasteiger partial charge in [-0.05, 0) is 35.9 Å². The third-order valence-electron chi connectivity index (χ3n) is 2.61. The summed E-state index contributed by atoms with van der Waals surface area (Å²) >= 11 is 11.5. The van der Waals surface area contributed by atoms with Gasteiger partial charge in [-0.25, -0.2) is 8.78 Å². The van der Waals surface area contributed by atoms with E-state index in [0.717, 1.165) is 6.07 Å². The Balaban J connectivity index is 2.31. The maximum atomic E-state index is 13.7. The summed E-state index contributed by atoms with van der Waals surface area (Å²) in [4.78, 5) is 12.0. The minimum absolute atomic E-state index is 0.129. The van der Waals surface area contributed by atoms with E-state index in [9.17, 15) is 13.6 Å². The zero-order valence-electron chi connectivity index (χ0n) is 9.59. The van der Waals surface area contributed by atoms with Crippen LogP contribution in [0.3, 0.4) is 0 Å². The van der Waals surface area contributed by atoms with Gasteiger partial charge in [0.15, 0.2) is 11.6 Å². The summed E-state index contributed by atoms with van der Waals surface area (Å²) in [6.45, 7) is 0. The lowest BCUT2D eigenvalue weighted by Gasteiger charge is -2.06. The fourth-order valence-corrected chi connectivity index (χ4v) is 2.03. The predicted molar refractivity (Wildman–Crippen MR) is 70.9 cm³/mol. The summed E-state index contributed by atoms with van der Waals surface area (Å²) in [7, 11) is 0. The maximum Gasteiger partial charge on any atom is 0.170 e. The van der Waals surface area contributed by atoms with Crippen LogP contribution in [0.15, 0.2) is 36.4 Å². The van der Waals surface area contributed by atoms with Crippen molar-refractivity contribution in [1.29, 1.82) is 0 Å². The van der Waals surface area contributed by atoms with Gasteiger partial charge in [0.2, 0.25) is 0 Å². The number of halogens is 4. The second-order valence-corrected chi connectivity index (χ2v) is 4.75. The first-order valence-corrected chi connectivity index (χ1v) is 6.16. The topological polar surface area (TPSA) is 17.1 Å². The quantitative estimate of drug-likeness (QED) is 0.751. The average molecular weight is 301 g/mol. The second-order valence-electron chi connectivity index (χ2n) is 3.94. The van der Waals surface area contributed by atoms with Crippen molar-refractivity contribution in [3.63, 3.8) is 0 Å². The molecular formula is C14H8Cl2F2O. The zero-order chi connectivity index (χ0) is 14.0. The van der Waals surface area contributed by atoms with Crippen molar-refractivity contribution >= 4 is 29.0 Å². The van der Waals surface area contributed by atoms with Gasteiger partial charge in [-0.1, -0.05) is 29.3 Å². The first kappa shape index (κ1) is 14.0. The van der Waals surface area contributed by atoms with Crippen LogP contribution < -0.4 is 0 Å². The van der Waals surface area contributed by atoms with Gasteiger partial charge in [-0.15, -0.1) is 0 Å². The summed E-state index contributed by atoms with van der Waals surface area (Å²) in [6, 6.07) is 7.86. The Morgan fingerprint density at radius 1 is 1.05 bits per heavy atom. The summed E-state index contributed by atoms with van der Waals surface area (Å²) in [5, 5.41) is 0.133. The average Bonchev–Trinajstić information content (AvgIpc) is 2.37. The minimum atomic E-state index is -0.776. The number of carbonyl (C=O) groups excluding carboxylic acids is 1. The fourth-order valence-electron chi connectivity index (χ4n) is 1.67. The van der Waals surface area contributed by atoms with E-state index in [-0.39, 0.29) is 22.0 Å². The standard InChI is InChI=1S/C14H8Cl2F2O/c15-11-5-4-9(17)6-8(11)7-13(19)10-2-1-3-12(16)14(10)18/h1-6H,7H2. The zero-order valence-corrected chi connectivity index (χ0v) is 11.1. The molecule has 0 unspecified atom stereocenters. The lowest BCUT2D eigenvalue weighted by Crippen LogP contribution is -2.07. The number of ketones is 1. The highest BCUT2D eigenvalue weighted by Gasteiger charge is 2.16. The number of carbonyl (C=O) groups is 1. The van der Waals surface area contributed by atoms with E-state index < -0.39 is 17.4 Å². The van der Waals surface area contributed by atoms with E-state index in [1.807, 2.05) is 0 Å². The van der Waals surface area contributed by atoms with Crippen molar-refractivity contribution < 1.29 is 13.6 Å². The van der Waals surface area contributed by atoms with Crippen LogP contribution in [-0.4, -0.2) is 5.78 Å². The molecule has 0 aliphatic heterocycles. The molecule has 0 saturated carbocycles. The lowest BCUT2D eigenvalue weighted by atomic mass is 10.0. The van der Waals surface area contributed by atoms with E-state index >= 15 is 0 Å². The van der Waals surface area contributed by atoms with E-state index in [1.165, 1.54) is 30.3 Å². The van der Waals surface area contributed by atoms with E-state index in [1.54, 1.807) is 0 Å². The van der Waals surface area contributed by atoms with E-state index in [0.29, 0.717) is 5.56 Å². The molecule has 0 radical (unpaired) electrons. The molecule has 0 aliphatic rings. The van der Waals surface area contributed by atoms with Gasteiger partial charge < -0.3 is 0 Å². The molecule has 5 heteroatoms. The molecule has 2 aromatic rings. The van der Waals surface area contributed by atoms with Crippen molar-refractivity contribution in [3.05, 3.63) is 69.2 Å². The number of rotatable bonds is 3. The minimum Gasteiger partial charge on any atom is -0.294 e. The second kappa shape index (κ2) is 5.68. The fraction of sp³-hybridized carbons (Fsp3) is 0.0714. The Kier molecular flexibility index (Phi) is 4.17. The smallest absolute Gasteiger partial charge is 0.170 e. The first-order valence-electron chi connectivity index (χ1n) is 5.40. The molecule has 0 heterocycles. The van der Waals surface area contributed by atoms with Crippen molar-refractivity contribution in [2.75, 3.05) is 0 Å². The van der Waals surface area contributed by atoms with Crippen molar-refractivity contribution in [2.24, 2.45) is 0 Å². The van der Waals surface area contributed by atoms with Gasteiger partial charge in [0.05, 0.1) is 10.6 Å². The number of hydrogen-bond donors (Lipinski definition) is 0. The third kappa shape index (κ3) is 3.11. The highest BCUT2D eigenvalue weighted by molar-refractivity contribution is 6.32. The summed E-state index contributed by atoms with van der Waals surface area (Å²) in [5.74, 6) is -1.78. The van der Waals surface area contributed by atoms with Crippen molar-refractivity contribution in [2.45, 2.75) is 6.42 Å². The molecule has 0 spiro atoms. The Hall–Kier alpha value is -1.45. The largest absolute Gasteiger partial charge is 0.294 e. The van der Waals surface area contributed by atoms with Gasteiger partial charge in [-0.2, -0.15) is 0 Å². The molecule has 2 aromatic carbocycles. The Morgan fingerprint density at radius 2 is 1.79 bits per heavy atom. The SMILES string of the molecule is O=C(Cc1cc(F)ccc1Cl)c1cccc(Cl)c1F. The molecule has 2 rings (SSSR count). The van der Waals surface area contributed by atoms with Crippen LogP contribution in [0.25, 0.3) is 0 Å². The molecule has 0 amide bonds. The monoisotopic (exact) mass is 300 g/mol. The third-order valence-corrected chi connectivity index (χ3v) is 3.27. The van der Waals surface area contributed by atoms with Gasteiger partial charge in [0.1, 0.15) is 5.82 Å². The summed E-state index contributed by atoms with van der Waals surface area (Å²) in [6.07, 6.45) is -0.187. The number of Topliss-reactive ketones (excluding diaryl/α,β-unsaturated/α-hetero) is 1. The molecule has 1 nitrogen and oxygen atoms in total. The highest BCUT2D eigenvalue weighted by atomic mass is 35.5. The molecule has 0 aliphatic carbocycles. The Bertz CT molecular complexity index is 641. The van der Waals surface area contributed by atoms with Gasteiger partial charge >= 0.3 is 0 Å². The molecule has 98 valence electrons. The van der Waals surface area contributed by atoms with Gasteiger partial charge in [-0.3, -0.25) is 4.79 Å². The van der Waals surface area contributed by atoms with Crippen LogP contribution in [0.4, 0.5) is 8.78 Å². The molecule has 0 fully saturated rings. The summed E-state index contributed by atoms with van der Waals surface area (Å²) in [5.41, 5.74) is 0.180. The maximum absolute atomic E-state index is 13.7. The Morgan fingerprint density at radius 3 is 2.53 bits per heavy atom. The van der Waals surface area contributed by atoms with E-state index in [2.05, 4.69) is 0 Å². The van der Waals surface area contributed by atoms with Crippen LogP contribution in [0.2, 0.25) is 10.0 Å². The molecule has 0 saturated heterocycles. The molecular weight excluding hydrogens is 293 g/mol. The predicted octanol–water partition coefficient (Wildman–Crippen LogP) is 4.70. The van der Waals surface area contributed by atoms with Crippen LogP contribution in [0.5, 0.6) is 0 Å². The Labute approximate surface area is 118 Å². The first-order chi connectivity index (χ1) is 8.99. The molecule has 0 N–H and O–H groups in total. The molecule has 19 heavy (non-hydrogen) atoms. The lowest BCUT2D eigenvalue weighted by molar-refractivity contribution is 0.0989. The van der Waals surface area contributed by atoms with Crippen LogP contribution in [0, 0.1) is 11.6 Å². The highest BCUT2D eigenvalue weighted by Crippen LogP contribution is 2.22. The van der Waals surface area contributed by atoms with Crippen LogP contribution in [-0.2, 0) is 6.42 Å². The number of benzene rings is 2. The number of hydrogen-bond acceptors (Lipinski definition) is 1. The molecule has 0 atom stereocenters.